The van der Waals surface area contributed by atoms with Crippen LogP contribution in [-0.2, 0) is 7.05 Å². The zero-order chi connectivity index (χ0) is 15.7. The first kappa shape index (κ1) is 14.4. The molecule has 0 radical (unpaired) electrons. The van der Waals surface area contributed by atoms with Gasteiger partial charge in [0.15, 0.2) is 11.5 Å². The maximum absolute atomic E-state index is 12.2. The van der Waals surface area contributed by atoms with Crippen LogP contribution in [0, 0.1) is 0 Å². The summed E-state index contributed by atoms with van der Waals surface area (Å²) in [5.74, 6) is 0.572. The highest BCUT2D eigenvalue weighted by atomic mass is 35.5. The topological polar surface area (TPSA) is 82.5 Å². The monoisotopic (exact) mass is 321 g/mol. The average Bonchev–Trinajstić information content (AvgIpc) is 2.50. The van der Waals surface area contributed by atoms with E-state index >= 15 is 0 Å². The van der Waals surface area contributed by atoms with Crippen molar-refractivity contribution in [3.63, 3.8) is 0 Å². The first-order chi connectivity index (χ1) is 10.5. The number of ether oxygens (including phenoxy) is 2. The van der Waals surface area contributed by atoms with Crippen LogP contribution in [0.15, 0.2) is 29.1 Å². The van der Waals surface area contributed by atoms with Crippen molar-refractivity contribution in [3.05, 3.63) is 45.3 Å². The summed E-state index contributed by atoms with van der Waals surface area (Å²) in [7, 11) is 1.47. The smallest absolute Gasteiger partial charge is 0.276 e. The van der Waals surface area contributed by atoms with E-state index in [1.807, 2.05) is 0 Å². The summed E-state index contributed by atoms with van der Waals surface area (Å²) < 4.78 is 11.9. The Balaban J connectivity index is 1.87. The maximum atomic E-state index is 12.2. The van der Waals surface area contributed by atoms with Crippen LogP contribution in [0.3, 0.4) is 0 Å². The zero-order valence-electron chi connectivity index (χ0n) is 11.6. The van der Waals surface area contributed by atoms with Crippen LogP contribution in [0.2, 0.25) is 5.02 Å². The number of hydrogen-bond acceptors (Lipinski definition) is 5. The third kappa shape index (κ3) is 2.75. The van der Waals surface area contributed by atoms with E-state index in [0.29, 0.717) is 35.4 Å². The van der Waals surface area contributed by atoms with E-state index < -0.39 is 5.91 Å². The van der Waals surface area contributed by atoms with Crippen molar-refractivity contribution in [2.45, 2.75) is 0 Å². The molecule has 1 aliphatic heterocycles. The van der Waals surface area contributed by atoms with Gasteiger partial charge in [-0.1, -0.05) is 11.6 Å². The fourth-order valence-electron chi connectivity index (χ4n) is 1.97. The average molecular weight is 322 g/mol. The quantitative estimate of drug-likeness (QED) is 0.905. The van der Waals surface area contributed by atoms with Gasteiger partial charge in [0, 0.05) is 25.2 Å². The van der Waals surface area contributed by atoms with Crippen molar-refractivity contribution in [1.82, 2.24) is 9.78 Å². The van der Waals surface area contributed by atoms with Gasteiger partial charge < -0.3 is 14.8 Å². The minimum absolute atomic E-state index is 0.105. The molecular weight excluding hydrogens is 310 g/mol. The van der Waals surface area contributed by atoms with Crippen molar-refractivity contribution in [3.8, 4) is 11.5 Å². The number of benzene rings is 1. The normalized spacial score (nSPS) is 12.8. The van der Waals surface area contributed by atoms with Gasteiger partial charge in [-0.3, -0.25) is 9.59 Å². The van der Waals surface area contributed by atoms with Crippen molar-refractivity contribution >= 4 is 23.2 Å². The lowest BCUT2D eigenvalue weighted by molar-refractivity contribution is 0.102. The Kier molecular flexibility index (Phi) is 3.72. The van der Waals surface area contributed by atoms with E-state index in [1.165, 1.54) is 19.2 Å². The summed E-state index contributed by atoms with van der Waals surface area (Å²) >= 11 is 6.12. The summed E-state index contributed by atoms with van der Waals surface area (Å²) in [6.07, 6.45) is 0. The number of hydrogen-bond donors (Lipinski definition) is 1. The van der Waals surface area contributed by atoms with Crippen LogP contribution in [0.4, 0.5) is 5.69 Å². The first-order valence-corrected chi connectivity index (χ1v) is 6.87. The molecule has 1 amide bonds. The van der Waals surface area contributed by atoms with Crippen LogP contribution in [0.5, 0.6) is 11.5 Å². The number of rotatable bonds is 2. The molecule has 2 heterocycles. The molecule has 0 saturated heterocycles. The molecule has 114 valence electrons. The predicted octanol–water partition coefficient (Wildman–Crippen LogP) is 1.46. The summed E-state index contributed by atoms with van der Waals surface area (Å²) in [4.78, 5) is 23.5. The minimum atomic E-state index is -0.478. The summed E-state index contributed by atoms with van der Waals surface area (Å²) in [6.45, 7) is 0.890. The van der Waals surface area contributed by atoms with E-state index in [-0.39, 0.29) is 11.3 Å². The van der Waals surface area contributed by atoms with Gasteiger partial charge in [-0.2, -0.15) is 5.10 Å². The van der Waals surface area contributed by atoms with Crippen molar-refractivity contribution in [1.29, 1.82) is 0 Å². The van der Waals surface area contributed by atoms with Gasteiger partial charge in [0.2, 0.25) is 0 Å². The molecule has 7 nitrogen and oxygen atoms in total. The number of aryl methyl sites for hydroxylation is 1. The molecule has 0 bridgehead atoms. The second-order valence-corrected chi connectivity index (χ2v) is 5.02. The number of carbonyl (C=O) groups excluding carboxylic acids is 1. The number of nitrogens with zero attached hydrogens (tertiary/aromatic N) is 2. The number of fused-ring (bicyclic) bond motifs is 1. The van der Waals surface area contributed by atoms with Gasteiger partial charge in [-0.25, -0.2) is 4.68 Å². The van der Waals surface area contributed by atoms with Crippen LogP contribution >= 0.6 is 11.6 Å². The van der Waals surface area contributed by atoms with E-state index in [4.69, 9.17) is 21.1 Å². The highest BCUT2D eigenvalue weighted by molar-refractivity contribution is 6.34. The molecule has 3 rings (SSSR count). The molecule has 0 spiro atoms. The van der Waals surface area contributed by atoms with Crippen LogP contribution < -0.4 is 20.3 Å². The van der Waals surface area contributed by atoms with Gasteiger partial charge in [-0.05, 0) is 6.07 Å². The Labute approximate surface area is 130 Å². The van der Waals surface area contributed by atoms with Crippen LogP contribution in [0.1, 0.15) is 10.5 Å². The number of nitrogens with one attached hydrogen (secondary N) is 1. The Morgan fingerprint density at radius 1 is 1.27 bits per heavy atom. The highest BCUT2D eigenvalue weighted by Gasteiger charge is 2.17. The van der Waals surface area contributed by atoms with E-state index in [0.717, 1.165) is 4.68 Å². The Morgan fingerprint density at radius 2 is 1.95 bits per heavy atom. The predicted molar refractivity (Wildman–Crippen MR) is 79.9 cm³/mol. The zero-order valence-corrected chi connectivity index (χ0v) is 12.4. The number of halogens is 1. The first-order valence-electron chi connectivity index (χ1n) is 6.49. The van der Waals surface area contributed by atoms with E-state index in [1.54, 1.807) is 12.1 Å². The molecule has 1 aromatic heterocycles. The minimum Gasteiger partial charge on any atom is -0.486 e. The Bertz CT molecular complexity index is 803. The molecule has 8 heteroatoms. The SMILES string of the molecule is Cn1nc(C(=O)Nc2cc3c(cc2Cl)OCCO3)ccc1=O. The van der Waals surface area contributed by atoms with Crippen molar-refractivity contribution in [2.75, 3.05) is 18.5 Å². The van der Waals surface area contributed by atoms with Gasteiger partial charge >= 0.3 is 0 Å². The van der Waals surface area contributed by atoms with Crippen molar-refractivity contribution < 1.29 is 14.3 Å². The van der Waals surface area contributed by atoms with Crippen molar-refractivity contribution in [2.24, 2.45) is 7.05 Å². The molecule has 0 unspecified atom stereocenters. The number of carbonyl (C=O) groups is 1. The Hall–Kier alpha value is -2.54. The number of aromatic nitrogens is 2. The molecule has 22 heavy (non-hydrogen) atoms. The Morgan fingerprint density at radius 3 is 2.64 bits per heavy atom. The molecule has 0 atom stereocenters. The fraction of sp³-hybridized carbons (Fsp3) is 0.214. The van der Waals surface area contributed by atoms with Crippen LogP contribution in [-0.4, -0.2) is 28.9 Å². The lowest BCUT2D eigenvalue weighted by Crippen LogP contribution is -2.23. The summed E-state index contributed by atoms with van der Waals surface area (Å²) in [6, 6.07) is 5.80. The second kappa shape index (κ2) is 5.69. The highest BCUT2D eigenvalue weighted by Crippen LogP contribution is 2.38. The molecular formula is C14H12ClN3O4. The largest absolute Gasteiger partial charge is 0.486 e. The van der Waals surface area contributed by atoms with Gasteiger partial charge in [0.1, 0.15) is 18.9 Å². The molecule has 1 N–H and O–H groups in total. The summed E-state index contributed by atoms with van der Waals surface area (Å²) in [5, 5.41) is 6.84. The third-order valence-corrected chi connectivity index (χ3v) is 3.39. The summed E-state index contributed by atoms with van der Waals surface area (Å²) in [5.41, 5.74) is 0.188. The fourth-order valence-corrected chi connectivity index (χ4v) is 2.17. The molecule has 0 fully saturated rings. The number of anilines is 1. The van der Waals surface area contributed by atoms with Gasteiger partial charge in [0.25, 0.3) is 11.5 Å². The molecule has 1 aromatic carbocycles. The maximum Gasteiger partial charge on any atom is 0.276 e. The molecule has 2 aromatic rings. The molecule has 0 saturated carbocycles. The van der Waals surface area contributed by atoms with Crippen LogP contribution in [0.25, 0.3) is 0 Å². The third-order valence-electron chi connectivity index (χ3n) is 3.07. The number of amides is 1. The lowest BCUT2D eigenvalue weighted by Gasteiger charge is -2.19. The van der Waals surface area contributed by atoms with E-state index in [9.17, 15) is 9.59 Å². The van der Waals surface area contributed by atoms with E-state index in [2.05, 4.69) is 10.4 Å². The van der Waals surface area contributed by atoms with Gasteiger partial charge in [-0.15, -0.1) is 0 Å². The second-order valence-electron chi connectivity index (χ2n) is 4.61. The molecule has 1 aliphatic rings. The lowest BCUT2D eigenvalue weighted by atomic mass is 10.2. The van der Waals surface area contributed by atoms with Gasteiger partial charge in [0.05, 0.1) is 10.7 Å². The molecule has 0 aliphatic carbocycles. The standard InChI is InChI=1S/C14H12ClN3O4/c1-18-13(19)3-2-9(17-18)14(20)16-10-7-12-11(6-8(10)15)21-4-5-22-12/h2-3,6-7H,4-5H2,1H3,(H,16,20).